The smallest absolute Gasteiger partial charge is 0.264 e. The van der Waals surface area contributed by atoms with Gasteiger partial charge in [0, 0.05) is 24.0 Å². The Bertz CT molecular complexity index is 1820. The molecule has 7 nitrogen and oxygen atoms in total. The lowest BCUT2D eigenvalue weighted by molar-refractivity contribution is -0.140. The second-order valence-corrected chi connectivity index (χ2v) is 14.9. The van der Waals surface area contributed by atoms with Gasteiger partial charge in [0.25, 0.3) is 10.0 Å². The molecule has 0 aromatic heterocycles. The van der Waals surface area contributed by atoms with Crippen molar-refractivity contribution in [3.8, 4) is 0 Å². The van der Waals surface area contributed by atoms with Crippen LogP contribution in [0.25, 0.3) is 0 Å². The molecule has 0 radical (unpaired) electrons. The molecule has 4 aromatic carbocycles. The summed E-state index contributed by atoms with van der Waals surface area (Å²) in [5, 5.41) is 4.13. The van der Waals surface area contributed by atoms with Crippen LogP contribution < -0.4 is 9.62 Å². The van der Waals surface area contributed by atoms with E-state index in [9.17, 15) is 18.0 Å². The summed E-state index contributed by atoms with van der Waals surface area (Å²) in [4.78, 5) is 30.2. The first kappa shape index (κ1) is 34.8. The number of sulfonamides is 1. The molecule has 47 heavy (non-hydrogen) atoms. The molecular weight excluding hydrogens is 677 g/mol. The van der Waals surface area contributed by atoms with Crippen LogP contribution in [0.2, 0.25) is 15.1 Å². The molecule has 2 amide bonds. The SMILES string of the molecule is Cc1ccc(S(=O)(=O)N(CC(=O)N(Cc2ccc(Cl)c(Cl)c2)[C@H](Cc2ccccc2)C(=O)NC2CCCC2)c2cccc(Cl)c2)cc1. The van der Waals surface area contributed by atoms with Gasteiger partial charge in [-0.1, -0.05) is 108 Å². The number of benzene rings is 4. The van der Waals surface area contributed by atoms with Gasteiger partial charge in [-0.2, -0.15) is 0 Å². The van der Waals surface area contributed by atoms with Gasteiger partial charge in [-0.15, -0.1) is 0 Å². The normalized spacial score (nSPS) is 14.0. The predicted octanol–water partition coefficient (Wildman–Crippen LogP) is 7.85. The highest BCUT2D eigenvalue weighted by molar-refractivity contribution is 7.92. The zero-order valence-corrected chi connectivity index (χ0v) is 29.0. The average Bonchev–Trinajstić information content (AvgIpc) is 3.56. The molecule has 1 fully saturated rings. The van der Waals surface area contributed by atoms with Gasteiger partial charge in [0.15, 0.2) is 0 Å². The Morgan fingerprint density at radius 2 is 1.53 bits per heavy atom. The van der Waals surface area contributed by atoms with Crippen molar-refractivity contribution < 1.29 is 18.0 Å². The Morgan fingerprint density at radius 1 is 0.830 bits per heavy atom. The van der Waals surface area contributed by atoms with E-state index in [2.05, 4.69) is 5.32 Å². The maximum Gasteiger partial charge on any atom is 0.264 e. The Morgan fingerprint density at radius 3 is 2.19 bits per heavy atom. The fourth-order valence-electron chi connectivity index (χ4n) is 5.75. The highest BCUT2D eigenvalue weighted by Gasteiger charge is 2.35. The molecule has 0 spiro atoms. The zero-order valence-electron chi connectivity index (χ0n) is 25.9. The van der Waals surface area contributed by atoms with Crippen molar-refractivity contribution in [1.82, 2.24) is 10.2 Å². The number of amides is 2. The number of nitrogens with one attached hydrogen (secondary N) is 1. The van der Waals surface area contributed by atoms with Gasteiger partial charge in [0.05, 0.1) is 20.6 Å². The molecule has 1 aliphatic carbocycles. The van der Waals surface area contributed by atoms with Crippen molar-refractivity contribution in [3.05, 3.63) is 129 Å². The van der Waals surface area contributed by atoms with E-state index in [-0.39, 0.29) is 35.5 Å². The summed E-state index contributed by atoms with van der Waals surface area (Å²) >= 11 is 18.9. The van der Waals surface area contributed by atoms with Crippen LogP contribution in [0.1, 0.15) is 42.4 Å². The van der Waals surface area contributed by atoms with Crippen LogP contribution in [-0.4, -0.2) is 43.8 Å². The highest BCUT2D eigenvalue weighted by Crippen LogP contribution is 2.29. The van der Waals surface area contributed by atoms with E-state index >= 15 is 0 Å². The van der Waals surface area contributed by atoms with Crippen LogP contribution in [0.3, 0.4) is 0 Å². The molecule has 0 heterocycles. The molecule has 1 saturated carbocycles. The molecule has 0 unspecified atom stereocenters. The summed E-state index contributed by atoms with van der Waals surface area (Å²) in [7, 11) is -4.24. The maximum absolute atomic E-state index is 14.6. The first-order chi connectivity index (χ1) is 22.5. The van der Waals surface area contributed by atoms with Crippen LogP contribution in [-0.2, 0) is 32.6 Å². The second kappa shape index (κ2) is 15.6. The molecule has 0 aliphatic heterocycles. The number of anilines is 1. The van der Waals surface area contributed by atoms with E-state index in [4.69, 9.17) is 34.8 Å². The first-order valence-corrected chi connectivity index (χ1v) is 18.0. The lowest BCUT2D eigenvalue weighted by Gasteiger charge is -2.34. The van der Waals surface area contributed by atoms with Gasteiger partial charge in [0.2, 0.25) is 11.8 Å². The molecule has 1 N–H and O–H groups in total. The van der Waals surface area contributed by atoms with E-state index in [1.54, 1.807) is 48.5 Å². The Balaban J connectivity index is 1.58. The third-order valence-electron chi connectivity index (χ3n) is 8.29. The third-order valence-corrected chi connectivity index (χ3v) is 11.1. The van der Waals surface area contributed by atoms with E-state index < -0.39 is 28.5 Å². The zero-order chi connectivity index (χ0) is 33.6. The van der Waals surface area contributed by atoms with Gasteiger partial charge < -0.3 is 10.2 Å². The standard InChI is InChI=1S/C36H36Cl3N3O4S/c1-25-14-17-31(18-15-25)47(45,46)42(30-13-7-10-28(37)22-30)24-35(43)41(23-27-16-19-32(38)33(39)20-27)34(21-26-8-3-2-4-9-26)36(44)40-29-11-5-6-12-29/h2-4,7-10,13-20,22,29,34H,5-6,11-12,21,23-24H2,1H3,(H,40,44)/t34-/m1/s1. The van der Waals surface area contributed by atoms with E-state index in [0.29, 0.717) is 20.6 Å². The maximum atomic E-state index is 14.6. The minimum Gasteiger partial charge on any atom is -0.352 e. The van der Waals surface area contributed by atoms with Crippen LogP contribution in [0, 0.1) is 6.92 Å². The number of hydrogen-bond donors (Lipinski definition) is 1. The van der Waals surface area contributed by atoms with Gasteiger partial charge in [-0.3, -0.25) is 13.9 Å². The minimum absolute atomic E-state index is 0.00701. The summed E-state index contributed by atoms with van der Waals surface area (Å²) < 4.78 is 29.4. The van der Waals surface area contributed by atoms with Crippen molar-refractivity contribution in [2.45, 2.75) is 62.6 Å². The molecule has 4 aromatic rings. The van der Waals surface area contributed by atoms with Gasteiger partial charge in [-0.25, -0.2) is 8.42 Å². The highest BCUT2D eigenvalue weighted by atomic mass is 35.5. The third kappa shape index (κ3) is 8.87. The fourth-order valence-corrected chi connectivity index (χ4v) is 7.66. The lowest BCUT2D eigenvalue weighted by atomic mass is 10.0. The summed E-state index contributed by atoms with van der Waals surface area (Å²) in [6.45, 7) is 1.26. The van der Waals surface area contributed by atoms with Crippen molar-refractivity contribution in [2.75, 3.05) is 10.8 Å². The number of aryl methyl sites for hydroxylation is 1. The predicted molar refractivity (Wildman–Crippen MR) is 189 cm³/mol. The van der Waals surface area contributed by atoms with Crippen LogP contribution in [0.15, 0.2) is 102 Å². The monoisotopic (exact) mass is 711 g/mol. The number of carbonyl (C=O) groups is 2. The Hall–Kier alpha value is -3.56. The summed E-state index contributed by atoms with van der Waals surface area (Å²) in [5.74, 6) is -0.876. The van der Waals surface area contributed by atoms with E-state index in [1.165, 1.54) is 23.1 Å². The number of rotatable bonds is 12. The molecule has 5 rings (SSSR count). The number of nitrogens with zero attached hydrogens (tertiary/aromatic N) is 2. The van der Waals surface area contributed by atoms with Crippen LogP contribution in [0.5, 0.6) is 0 Å². The molecule has 0 saturated heterocycles. The summed E-state index contributed by atoms with van der Waals surface area (Å²) in [5.41, 5.74) is 2.59. The average molecular weight is 713 g/mol. The molecule has 0 bridgehead atoms. The summed E-state index contributed by atoms with van der Waals surface area (Å²) in [6.07, 6.45) is 3.98. The molecule has 11 heteroatoms. The Kier molecular flexibility index (Phi) is 11.5. The quantitative estimate of drug-likeness (QED) is 0.162. The van der Waals surface area contributed by atoms with Crippen LogP contribution >= 0.6 is 34.8 Å². The van der Waals surface area contributed by atoms with Gasteiger partial charge in [0.1, 0.15) is 12.6 Å². The number of hydrogen-bond acceptors (Lipinski definition) is 4. The second-order valence-electron chi connectivity index (χ2n) is 11.8. The first-order valence-electron chi connectivity index (χ1n) is 15.4. The van der Waals surface area contributed by atoms with Crippen molar-refractivity contribution in [2.24, 2.45) is 0 Å². The van der Waals surface area contributed by atoms with Crippen molar-refractivity contribution >= 4 is 62.3 Å². The lowest BCUT2D eigenvalue weighted by Crippen LogP contribution is -2.54. The largest absolute Gasteiger partial charge is 0.352 e. The van der Waals surface area contributed by atoms with Crippen molar-refractivity contribution in [1.29, 1.82) is 0 Å². The van der Waals surface area contributed by atoms with E-state index in [0.717, 1.165) is 41.1 Å². The van der Waals surface area contributed by atoms with E-state index in [1.807, 2.05) is 37.3 Å². The molecule has 1 atom stereocenters. The number of halogens is 3. The van der Waals surface area contributed by atoms with Crippen LogP contribution in [0.4, 0.5) is 5.69 Å². The molecule has 246 valence electrons. The summed E-state index contributed by atoms with van der Waals surface area (Å²) in [6, 6.07) is 26.3. The van der Waals surface area contributed by atoms with Gasteiger partial charge in [-0.05, 0) is 73.4 Å². The molecular formula is C36H36Cl3N3O4S. The number of carbonyl (C=O) groups excluding carboxylic acids is 2. The minimum atomic E-state index is -4.24. The topological polar surface area (TPSA) is 86.8 Å². The van der Waals surface area contributed by atoms with Gasteiger partial charge >= 0.3 is 0 Å². The van der Waals surface area contributed by atoms with Crippen molar-refractivity contribution in [3.63, 3.8) is 0 Å². The molecule has 1 aliphatic rings. The Labute approximate surface area is 291 Å². The fraction of sp³-hybridized carbons (Fsp3) is 0.278.